The van der Waals surface area contributed by atoms with Crippen LogP contribution in [0.5, 0.6) is 0 Å². The SMILES string of the molecule is CO[Si](CCCN1[SiH2]CC(C)(C)[Si]1(C)C)(OC)OC. The summed E-state index contributed by atoms with van der Waals surface area (Å²) < 4.78 is 19.3. The van der Waals surface area contributed by atoms with Crippen LogP contribution in [0.2, 0.25) is 30.2 Å². The first-order valence-corrected chi connectivity index (χ1v) is 13.7. The molecule has 7 heteroatoms. The quantitative estimate of drug-likeness (QED) is 0.672. The fourth-order valence-corrected chi connectivity index (χ4v) is 14.1. The van der Waals surface area contributed by atoms with Gasteiger partial charge in [-0.15, -0.1) is 0 Å². The molecule has 1 aliphatic rings. The Morgan fingerprint density at radius 1 is 1.16 bits per heavy atom. The monoisotopic (exact) mass is 321 g/mol. The van der Waals surface area contributed by atoms with Crippen LogP contribution in [0.3, 0.4) is 0 Å². The van der Waals surface area contributed by atoms with Crippen molar-refractivity contribution in [2.45, 2.75) is 50.5 Å². The molecule has 0 unspecified atom stereocenters. The van der Waals surface area contributed by atoms with Crippen molar-refractivity contribution in [3.05, 3.63) is 0 Å². The average Bonchev–Trinajstić information content (AvgIpc) is 2.57. The number of nitrogens with zero attached hydrogens (tertiary/aromatic N) is 1. The number of hydrogen-bond donors (Lipinski definition) is 0. The van der Waals surface area contributed by atoms with Gasteiger partial charge < -0.3 is 17.5 Å². The van der Waals surface area contributed by atoms with E-state index >= 15 is 0 Å². The Balaban J connectivity index is 2.51. The molecule has 0 bridgehead atoms. The number of rotatable bonds is 7. The lowest BCUT2D eigenvalue weighted by Gasteiger charge is -2.39. The van der Waals surface area contributed by atoms with Gasteiger partial charge in [0.1, 0.15) is 8.24 Å². The Kier molecular flexibility index (Phi) is 6.01. The van der Waals surface area contributed by atoms with Crippen molar-refractivity contribution in [2.75, 3.05) is 27.9 Å². The van der Waals surface area contributed by atoms with E-state index in [1.807, 2.05) is 0 Å². The summed E-state index contributed by atoms with van der Waals surface area (Å²) in [6.45, 7) is 11.2. The molecule has 0 radical (unpaired) electrons. The van der Waals surface area contributed by atoms with Gasteiger partial charge in [-0.2, -0.15) is 0 Å². The highest BCUT2D eigenvalue weighted by molar-refractivity contribution is 6.86. The van der Waals surface area contributed by atoms with Gasteiger partial charge in [-0.25, -0.2) is 0 Å². The Hall–Kier alpha value is 0.491. The maximum atomic E-state index is 5.49. The molecule has 0 atom stereocenters. The third-order valence-electron chi connectivity index (χ3n) is 5.30. The van der Waals surface area contributed by atoms with Crippen LogP contribution in [0.15, 0.2) is 0 Å². The lowest BCUT2D eigenvalue weighted by molar-refractivity contribution is 0.122. The predicted octanol–water partition coefficient (Wildman–Crippen LogP) is 2.06. The minimum absolute atomic E-state index is 0.0461. The third-order valence-corrected chi connectivity index (χ3v) is 19.4. The largest absolute Gasteiger partial charge is 0.500 e. The second kappa shape index (κ2) is 6.50. The van der Waals surface area contributed by atoms with E-state index in [4.69, 9.17) is 13.3 Å². The van der Waals surface area contributed by atoms with Crippen LogP contribution in [-0.2, 0) is 13.3 Å². The fraction of sp³-hybridized carbons (Fsp3) is 1.00. The minimum Gasteiger partial charge on any atom is -0.377 e. The summed E-state index contributed by atoms with van der Waals surface area (Å²) in [6, 6.07) is 2.39. The lowest BCUT2D eigenvalue weighted by atomic mass is 10.2. The van der Waals surface area contributed by atoms with Crippen molar-refractivity contribution in [3.63, 3.8) is 0 Å². The van der Waals surface area contributed by atoms with E-state index in [9.17, 15) is 0 Å². The highest BCUT2D eigenvalue weighted by Crippen LogP contribution is 2.47. The molecule has 1 fully saturated rings. The average molecular weight is 322 g/mol. The van der Waals surface area contributed by atoms with Crippen LogP contribution < -0.4 is 0 Å². The normalized spacial score (nSPS) is 24.2. The molecule has 0 aromatic heterocycles. The predicted molar refractivity (Wildman–Crippen MR) is 87.8 cm³/mol. The van der Waals surface area contributed by atoms with Gasteiger partial charge in [0.05, 0.1) is 9.68 Å². The first-order chi connectivity index (χ1) is 8.74. The summed E-state index contributed by atoms with van der Waals surface area (Å²) in [6.07, 6.45) is 1.13. The molecule has 0 aromatic carbocycles. The molecule has 0 amide bonds. The summed E-state index contributed by atoms with van der Waals surface area (Å²) in [7, 11) is 1.45. The molecule has 1 aliphatic heterocycles. The van der Waals surface area contributed by atoms with E-state index in [1.54, 1.807) is 21.3 Å². The fourth-order valence-electron chi connectivity index (χ4n) is 2.86. The highest BCUT2D eigenvalue weighted by Gasteiger charge is 2.49. The van der Waals surface area contributed by atoms with Crippen LogP contribution in [0.4, 0.5) is 0 Å². The van der Waals surface area contributed by atoms with Gasteiger partial charge in [0.2, 0.25) is 0 Å². The van der Waals surface area contributed by atoms with Gasteiger partial charge in [-0.05, 0) is 24.0 Å². The summed E-state index contributed by atoms with van der Waals surface area (Å²) in [5, 5.41) is 0.581. The maximum Gasteiger partial charge on any atom is 0.500 e. The third kappa shape index (κ3) is 3.58. The molecule has 0 aliphatic carbocycles. The van der Waals surface area contributed by atoms with E-state index in [2.05, 4.69) is 31.2 Å². The van der Waals surface area contributed by atoms with E-state index in [0.717, 1.165) is 12.5 Å². The smallest absolute Gasteiger partial charge is 0.377 e. The zero-order valence-electron chi connectivity index (χ0n) is 13.7. The van der Waals surface area contributed by atoms with Crippen molar-refractivity contribution in [2.24, 2.45) is 0 Å². The summed E-state index contributed by atoms with van der Waals surface area (Å²) in [4.78, 5) is 0. The Morgan fingerprint density at radius 3 is 2.05 bits per heavy atom. The highest BCUT2D eigenvalue weighted by atomic mass is 28.4. The van der Waals surface area contributed by atoms with Crippen LogP contribution in [-0.4, -0.2) is 58.8 Å². The first kappa shape index (κ1) is 17.5. The minimum atomic E-state index is -2.37. The molecule has 1 heterocycles. The van der Waals surface area contributed by atoms with Crippen LogP contribution in [0, 0.1) is 0 Å². The first-order valence-electron chi connectivity index (χ1n) is 7.15. The molecular formula is C12H31NO3Si3. The van der Waals surface area contributed by atoms with Gasteiger partial charge in [0.15, 0.2) is 0 Å². The van der Waals surface area contributed by atoms with Gasteiger partial charge in [-0.3, -0.25) is 0 Å². The summed E-state index contributed by atoms with van der Waals surface area (Å²) >= 11 is 0. The molecule has 0 aromatic rings. The Bertz CT molecular complexity index is 288. The second-order valence-electron chi connectivity index (χ2n) is 6.58. The summed E-state index contributed by atoms with van der Waals surface area (Å²) in [5.74, 6) is 0. The molecule has 114 valence electrons. The molecule has 0 N–H and O–H groups in total. The van der Waals surface area contributed by atoms with E-state index in [0.29, 0.717) is 5.04 Å². The van der Waals surface area contributed by atoms with Gasteiger partial charge >= 0.3 is 8.80 Å². The second-order valence-corrected chi connectivity index (χ2v) is 17.1. The zero-order valence-corrected chi connectivity index (χ0v) is 17.1. The van der Waals surface area contributed by atoms with Gasteiger partial charge in [0.25, 0.3) is 0 Å². The van der Waals surface area contributed by atoms with Crippen LogP contribution in [0.1, 0.15) is 20.3 Å². The molecule has 19 heavy (non-hydrogen) atoms. The van der Waals surface area contributed by atoms with E-state index in [-0.39, 0.29) is 9.68 Å². The van der Waals surface area contributed by atoms with Gasteiger partial charge in [0, 0.05) is 27.4 Å². The zero-order chi connectivity index (χ0) is 14.7. The molecular weight excluding hydrogens is 290 g/mol. The molecule has 0 saturated carbocycles. The van der Waals surface area contributed by atoms with Crippen molar-refractivity contribution >= 4 is 26.7 Å². The Labute approximate surface area is 123 Å². The number of hydrogen-bond acceptors (Lipinski definition) is 4. The Morgan fingerprint density at radius 2 is 1.68 bits per heavy atom. The standard InChI is InChI=1S/C12H31NO3Si3/c1-12(2)11-17-13(18(12,6)7)9-8-10-19(14-3,15-4)16-5/h8-11,17H2,1-7H3. The topological polar surface area (TPSA) is 30.9 Å². The molecule has 0 spiro atoms. The van der Waals surface area contributed by atoms with Crippen LogP contribution in [0.25, 0.3) is 0 Å². The van der Waals surface area contributed by atoms with Gasteiger partial charge in [-0.1, -0.05) is 26.9 Å². The molecule has 1 saturated heterocycles. The van der Waals surface area contributed by atoms with Crippen molar-refractivity contribution in [3.8, 4) is 0 Å². The van der Waals surface area contributed by atoms with Crippen LogP contribution >= 0.6 is 0 Å². The van der Waals surface area contributed by atoms with E-state index in [1.165, 1.54) is 12.6 Å². The summed E-state index contributed by atoms with van der Waals surface area (Å²) in [5.41, 5.74) is 0. The van der Waals surface area contributed by atoms with Crippen molar-refractivity contribution < 1.29 is 13.3 Å². The molecule has 4 nitrogen and oxygen atoms in total. The lowest BCUT2D eigenvalue weighted by Crippen LogP contribution is -2.51. The van der Waals surface area contributed by atoms with Crippen molar-refractivity contribution in [1.82, 2.24) is 4.23 Å². The molecule has 1 rings (SSSR count). The van der Waals surface area contributed by atoms with E-state index < -0.39 is 17.0 Å². The van der Waals surface area contributed by atoms with Crippen molar-refractivity contribution in [1.29, 1.82) is 0 Å². The maximum absolute atomic E-state index is 5.49.